The van der Waals surface area contributed by atoms with Crippen LogP contribution in [0.2, 0.25) is 5.02 Å². The number of rotatable bonds is 1. The predicted molar refractivity (Wildman–Crippen MR) is 124 cm³/mol. The van der Waals surface area contributed by atoms with Gasteiger partial charge in [0.25, 0.3) is 5.91 Å². The van der Waals surface area contributed by atoms with Crippen molar-refractivity contribution in [3.05, 3.63) is 99.7 Å². The van der Waals surface area contributed by atoms with Crippen molar-refractivity contribution >= 4 is 34.2 Å². The average Bonchev–Trinajstić information content (AvgIpc) is 3.13. The molecule has 3 aromatic carbocycles. The smallest absolute Gasteiger partial charge is 0.262 e. The van der Waals surface area contributed by atoms with Crippen LogP contribution in [0.4, 0.5) is 0 Å². The van der Waals surface area contributed by atoms with Gasteiger partial charge >= 0.3 is 0 Å². The lowest BCUT2D eigenvalue weighted by molar-refractivity contribution is 0.0626. The van der Waals surface area contributed by atoms with E-state index >= 15 is 0 Å². The zero-order valence-corrected chi connectivity index (χ0v) is 18.2. The van der Waals surface area contributed by atoms with Gasteiger partial charge in [0.15, 0.2) is 5.78 Å². The van der Waals surface area contributed by atoms with Crippen LogP contribution in [0.25, 0.3) is 10.9 Å². The number of carbonyl (C=O) groups excluding carboxylic acids is 2. The third kappa shape index (κ3) is 2.76. The molecule has 2 atom stereocenters. The second-order valence-electron chi connectivity index (χ2n) is 8.58. The van der Waals surface area contributed by atoms with E-state index in [-0.39, 0.29) is 23.7 Å². The van der Waals surface area contributed by atoms with E-state index < -0.39 is 0 Å². The van der Waals surface area contributed by atoms with Gasteiger partial charge in [-0.2, -0.15) is 0 Å². The van der Waals surface area contributed by atoms with Crippen molar-refractivity contribution in [3.8, 4) is 5.75 Å². The van der Waals surface area contributed by atoms with E-state index in [9.17, 15) is 9.59 Å². The van der Waals surface area contributed by atoms with Crippen LogP contribution in [0.5, 0.6) is 5.75 Å². The number of nitrogens with zero attached hydrogens (tertiary/aromatic N) is 1. The molecule has 5 heteroatoms. The van der Waals surface area contributed by atoms with E-state index in [1.165, 1.54) is 0 Å². The monoisotopic (exact) mass is 441 g/mol. The number of fused-ring (bicyclic) bond motifs is 5. The Labute approximate surface area is 190 Å². The summed E-state index contributed by atoms with van der Waals surface area (Å²) in [4.78, 5) is 27.0. The summed E-state index contributed by atoms with van der Waals surface area (Å²) in [6, 6.07) is 20.8. The van der Waals surface area contributed by atoms with Crippen LogP contribution in [0.15, 0.2) is 66.7 Å². The van der Waals surface area contributed by atoms with Crippen molar-refractivity contribution < 1.29 is 14.3 Å². The Hall–Kier alpha value is -3.37. The molecule has 0 saturated heterocycles. The van der Waals surface area contributed by atoms with E-state index in [0.29, 0.717) is 34.7 Å². The normalized spacial score (nSPS) is 19.1. The van der Waals surface area contributed by atoms with E-state index in [1.807, 2.05) is 67.6 Å². The molecule has 4 nitrogen and oxygen atoms in total. The van der Waals surface area contributed by atoms with Gasteiger partial charge in [-0.1, -0.05) is 48.0 Å². The maximum absolute atomic E-state index is 13.5. The van der Waals surface area contributed by atoms with Crippen LogP contribution >= 0.6 is 11.6 Å². The molecule has 1 aliphatic heterocycles. The first-order valence-electron chi connectivity index (χ1n) is 10.7. The summed E-state index contributed by atoms with van der Waals surface area (Å²) < 4.78 is 8.12. The highest BCUT2D eigenvalue weighted by Gasteiger charge is 2.43. The number of Topliss-reactive ketones (excluding diaryl/α,β-unsaturated/α-hetero) is 1. The van der Waals surface area contributed by atoms with E-state index in [0.717, 1.165) is 27.7 Å². The van der Waals surface area contributed by atoms with Gasteiger partial charge in [-0.15, -0.1) is 0 Å². The van der Waals surface area contributed by atoms with Gasteiger partial charge in [0.1, 0.15) is 11.9 Å². The molecule has 158 valence electrons. The predicted octanol–water partition coefficient (Wildman–Crippen LogP) is 5.65. The number of hydrogen-bond donors (Lipinski definition) is 0. The molecule has 6 rings (SSSR count). The first-order valence-corrected chi connectivity index (χ1v) is 11.1. The number of aromatic nitrogens is 1. The van der Waals surface area contributed by atoms with Crippen LogP contribution in [-0.2, 0) is 12.8 Å². The van der Waals surface area contributed by atoms with Crippen LogP contribution in [-0.4, -0.2) is 22.4 Å². The first-order chi connectivity index (χ1) is 15.5. The van der Waals surface area contributed by atoms with Crippen molar-refractivity contribution in [2.24, 2.45) is 5.92 Å². The van der Waals surface area contributed by atoms with Gasteiger partial charge in [0.05, 0.1) is 17.0 Å². The standard InChI is InChI=1S/C27H20ClNO3/c1-15-11-24-19(12-21(15)28)26(30)20-13-23-18(14-25(20)32-24)17-9-5-6-10-22(17)29(23)27(31)16-7-3-2-4-8-16/h2-12,20,25H,13-14H2,1H3/t20-,25-/m1/s1. The highest BCUT2D eigenvalue weighted by molar-refractivity contribution is 6.32. The minimum atomic E-state index is -0.347. The van der Waals surface area contributed by atoms with Crippen LogP contribution in [0.1, 0.15) is 37.5 Å². The maximum atomic E-state index is 13.5. The van der Waals surface area contributed by atoms with E-state index in [2.05, 4.69) is 0 Å². The largest absolute Gasteiger partial charge is 0.489 e. The third-order valence-corrected chi connectivity index (χ3v) is 7.13. The summed E-state index contributed by atoms with van der Waals surface area (Å²) in [5, 5.41) is 1.60. The molecule has 0 amide bonds. The summed E-state index contributed by atoms with van der Waals surface area (Å²) in [6.45, 7) is 1.91. The van der Waals surface area contributed by atoms with Gasteiger partial charge in [0.2, 0.25) is 0 Å². The lowest BCUT2D eigenvalue weighted by Gasteiger charge is -2.36. The fourth-order valence-electron chi connectivity index (χ4n) is 5.12. The Morgan fingerprint density at radius 2 is 1.78 bits per heavy atom. The molecule has 4 aromatic rings. The van der Waals surface area contributed by atoms with Gasteiger partial charge < -0.3 is 4.74 Å². The van der Waals surface area contributed by atoms with Crippen LogP contribution in [0, 0.1) is 12.8 Å². The van der Waals surface area contributed by atoms with Gasteiger partial charge in [-0.25, -0.2) is 0 Å². The Morgan fingerprint density at radius 1 is 1.03 bits per heavy atom. The lowest BCUT2D eigenvalue weighted by atomic mass is 9.78. The number of ether oxygens (including phenoxy) is 1. The highest BCUT2D eigenvalue weighted by Crippen LogP contribution is 2.42. The number of aryl methyl sites for hydroxylation is 1. The minimum absolute atomic E-state index is 0.0350. The van der Waals surface area contributed by atoms with Gasteiger partial charge in [-0.05, 0) is 48.4 Å². The molecule has 32 heavy (non-hydrogen) atoms. The Morgan fingerprint density at radius 3 is 2.59 bits per heavy atom. The van der Waals surface area contributed by atoms with Crippen molar-refractivity contribution in [1.29, 1.82) is 0 Å². The molecule has 0 unspecified atom stereocenters. The SMILES string of the molecule is Cc1cc2c(cc1Cl)C(=O)[C@@H]1Cc3c(c4ccccc4n3C(=O)c3ccccc3)C[C@H]1O2. The molecule has 0 N–H and O–H groups in total. The highest BCUT2D eigenvalue weighted by atomic mass is 35.5. The van der Waals surface area contributed by atoms with Crippen LogP contribution in [0.3, 0.4) is 0 Å². The summed E-state index contributed by atoms with van der Waals surface area (Å²) in [5.74, 6) is 0.212. The quantitative estimate of drug-likeness (QED) is 0.383. The molecule has 0 bridgehead atoms. The number of halogens is 1. The molecule has 2 aliphatic rings. The average molecular weight is 442 g/mol. The second-order valence-corrected chi connectivity index (χ2v) is 8.99. The van der Waals surface area contributed by atoms with Crippen molar-refractivity contribution in [2.75, 3.05) is 0 Å². The Bertz CT molecular complexity index is 1420. The molecular formula is C27H20ClNO3. The zero-order valence-electron chi connectivity index (χ0n) is 17.5. The summed E-state index contributed by atoms with van der Waals surface area (Å²) >= 11 is 6.30. The Kier molecular flexibility index (Phi) is 4.27. The number of para-hydroxylation sites is 1. The fraction of sp³-hybridized carbons (Fsp3) is 0.185. The summed E-state index contributed by atoms with van der Waals surface area (Å²) in [6.07, 6.45) is 0.786. The van der Waals surface area contributed by atoms with Crippen molar-refractivity contribution in [3.63, 3.8) is 0 Å². The molecule has 0 fully saturated rings. The maximum Gasteiger partial charge on any atom is 0.262 e. The molecule has 0 spiro atoms. The first kappa shape index (κ1) is 19.3. The van der Waals surface area contributed by atoms with Crippen molar-refractivity contribution in [2.45, 2.75) is 25.9 Å². The summed E-state index contributed by atoms with van der Waals surface area (Å²) in [5.41, 5.74) is 4.90. The van der Waals surface area contributed by atoms with Gasteiger partial charge in [0, 0.05) is 34.5 Å². The third-order valence-electron chi connectivity index (χ3n) is 6.72. The molecular weight excluding hydrogens is 422 g/mol. The fourth-order valence-corrected chi connectivity index (χ4v) is 5.28. The Balaban J connectivity index is 1.50. The van der Waals surface area contributed by atoms with Gasteiger partial charge in [-0.3, -0.25) is 14.2 Å². The molecule has 0 saturated carbocycles. The number of ketones is 1. The van der Waals surface area contributed by atoms with E-state index in [4.69, 9.17) is 16.3 Å². The lowest BCUT2D eigenvalue weighted by Crippen LogP contribution is -2.43. The molecule has 2 heterocycles. The molecule has 1 aromatic heterocycles. The van der Waals surface area contributed by atoms with E-state index in [1.54, 1.807) is 10.6 Å². The van der Waals surface area contributed by atoms with Crippen LogP contribution < -0.4 is 4.74 Å². The number of hydrogen-bond acceptors (Lipinski definition) is 3. The summed E-state index contributed by atoms with van der Waals surface area (Å²) in [7, 11) is 0. The number of benzene rings is 3. The van der Waals surface area contributed by atoms with Crippen molar-refractivity contribution in [1.82, 2.24) is 4.57 Å². The molecule has 0 radical (unpaired) electrons. The molecule has 1 aliphatic carbocycles. The second kappa shape index (κ2) is 7.07. The zero-order chi connectivity index (χ0) is 22.0. The topological polar surface area (TPSA) is 48.3 Å². The minimum Gasteiger partial charge on any atom is -0.489 e. The number of carbonyl (C=O) groups is 2.